The lowest BCUT2D eigenvalue weighted by Crippen LogP contribution is -2.04. The van der Waals surface area contributed by atoms with Gasteiger partial charge < -0.3 is 0 Å². The molecule has 3 nitrogen and oxygen atoms in total. The van der Waals surface area contributed by atoms with Gasteiger partial charge >= 0.3 is 6.03 Å². The van der Waals surface area contributed by atoms with Crippen LogP contribution in [0.5, 0.6) is 0 Å². The molecule has 0 aromatic heterocycles. The number of thioether (sulfide) groups is 1. The topological polar surface area (TPSA) is 41.8 Å². The van der Waals surface area contributed by atoms with Crippen molar-refractivity contribution in [2.45, 2.75) is 12.2 Å². The molecule has 2 amide bonds. The molecule has 0 aliphatic carbocycles. The monoisotopic (exact) mass is 252 g/mol. The molecule has 0 spiro atoms. The Balaban J connectivity index is 1.98. The van der Waals surface area contributed by atoms with Gasteiger partial charge in [-0.05, 0) is 11.6 Å². The molecule has 5 heteroatoms. The number of aliphatic imine (C=N–C) groups is 2. The Bertz CT molecular complexity index is 471. The number of carbonyl (C=O) groups is 1. The summed E-state index contributed by atoms with van der Waals surface area (Å²) in [6.45, 7) is 0. The van der Waals surface area contributed by atoms with Crippen LogP contribution in [0.4, 0.5) is 4.79 Å². The number of hydrogen-bond acceptors (Lipinski definition) is 2. The Morgan fingerprint density at radius 3 is 2.94 bits per heavy atom. The summed E-state index contributed by atoms with van der Waals surface area (Å²) in [5, 5.41) is 1.53. The Hall–Kier alpha value is -1.13. The van der Waals surface area contributed by atoms with Crippen molar-refractivity contribution in [3.63, 3.8) is 0 Å². The van der Waals surface area contributed by atoms with Crippen molar-refractivity contribution in [1.29, 1.82) is 0 Å². The molecule has 1 heterocycles. The molecule has 0 atom stereocenters. The highest BCUT2D eigenvalue weighted by atomic mass is 35.5. The third-order valence-electron chi connectivity index (χ3n) is 2.04. The van der Waals surface area contributed by atoms with E-state index >= 15 is 0 Å². The van der Waals surface area contributed by atoms with Crippen molar-refractivity contribution in [2.24, 2.45) is 9.98 Å². The number of rotatable bonds is 2. The summed E-state index contributed by atoms with van der Waals surface area (Å²) in [4.78, 5) is 18.3. The van der Waals surface area contributed by atoms with E-state index in [-0.39, 0.29) is 0 Å². The quantitative estimate of drug-likeness (QED) is 0.808. The first-order chi connectivity index (χ1) is 7.75. The van der Waals surface area contributed by atoms with Crippen LogP contribution in [0.1, 0.15) is 12.0 Å². The van der Waals surface area contributed by atoms with Gasteiger partial charge in [-0.2, -0.15) is 4.99 Å². The minimum absolute atomic E-state index is 0.423. The van der Waals surface area contributed by atoms with E-state index < -0.39 is 6.03 Å². The molecule has 0 N–H and O–H groups in total. The molecule has 82 valence electrons. The first-order valence-corrected chi connectivity index (χ1v) is 6.12. The van der Waals surface area contributed by atoms with Crippen LogP contribution >= 0.6 is 23.4 Å². The Morgan fingerprint density at radius 2 is 2.19 bits per heavy atom. The van der Waals surface area contributed by atoms with Gasteiger partial charge in [0.05, 0.1) is 5.04 Å². The van der Waals surface area contributed by atoms with Gasteiger partial charge in [-0.15, -0.1) is 11.8 Å². The van der Waals surface area contributed by atoms with Crippen molar-refractivity contribution < 1.29 is 4.79 Å². The van der Waals surface area contributed by atoms with Gasteiger partial charge in [-0.25, -0.2) is 9.79 Å². The first-order valence-electron chi connectivity index (χ1n) is 4.76. The van der Waals surface area contributed by atoms with E-state index in [1.165, 1.54) is 11.8 Å². The normalized spacial score (nSPS) is 15.1. The number of carbonyl (C=O) groups excluding carboxylic acids is 1. The summed E-state index contributed by atoms with van der Waals surface area (Å²) >= 11 is 7.55. The van der Waals surface area contributed by atoms with Crippen LogP contribution in [0.2, 0.25) is 5.02 Å². The molecule has 0 fully saturated rings. The fourth-order valence-corrected chi connectivity index (χ4v) is 2.44. The number of amides is 2. The highest BCUT2D eigenvalue weighted by Gasteiger charge is 2.08. The number of halogens is 1. The van der Waals surface area contributed by atoms with Gasteiger partial charge in [0, 0.05) is 23.4 Å². The molecule has 0 bridgehead atoms. The third kappa shape index (κ3) is 2.93. The van der Waals surface area contributed by atoms with E-state index in [2.05, 4.69) is 9.98 Å². The molecule has 1 aliphatic heterocycles. The molecule has 0 unspecified atom stereocenters. The van der Waals surface area contributed by atoms with Crippen molar-refractivity contribution in [3.8, 4) is 0 Å². The standard InChI is InChI=1S/C11H9ClN2OS/c12-9-4-2-1-3-8(9)7-16-10-5-6-13-11(15)14-10/h1-4,6H,5,7H2. The van der Waals surface area contributed by atoms with Crippen molar-refractivity contribution in [2.75, 3.05) is 0 Å². The van der Waals surface area contributed by atoms with Gasteiger partial charge in [0.1, 0.15) is 0 Å². The highest BCUT2D eigenvalue weighted by molar-refractivity contribution is 8.13. The van der Waals surface area contributed by atoms with Gasteiger partial charge in [-0.1, -0.05) is 29.8 Å². The first kappa shape index (κ1) is 11.4. The lowest BCUT2D eigenvalue weighted by Gasteiger charge is -2.06. The second kappa shape index (κ2) is 5.27. The fourth-order valence-electron chi connectivity index (χ4n) is 1.25. The highest BCUT2D eigenvalue weighted by Crippen LogP contribution is 2.22. The maximum absolute atomic E-state index is 10.9. The number of nitrogens with zero attached hydrogens (tertiary/aromatic N) is 2. The average molecular weight is 253 g/mol. The minimum atomic E-state index is -0.423. The maximum atomic E-state index is 10.9. The van der Waals surface area contributed by atoms with Crippen LogP contribution in [-0.4, -0.2) is 17.3 Å². The lowest BCUT2D eigenvalue weighted by molar-refractivity contribution is 0.257. The zero-order valence-corrected chi connectivity index (χ0v) is 9.96. The predicted molar refractivity (Wildman–Crippen MR) is 68.7 cm³/mol. The second-order valence-electron chi connectivity index (χ2n) is 3.18. The van der Waals surface area contributed by atoms with Gasteiger partial charge in [0.15, 0.2) is 0 Å². The van der Waals surface area contributed by atoms with Crippen molar-refractivity contribution in [1.82, 2.24) is 0 Å². The lowest BCUT2D eigenvalue weighted by atomic mass is 10.2. The molecule has 16 heavy (non-hydrogen) atoms. The van der Waals surface area contributed by atoms with Crippen molar-refractivity contribution in [3.05, 3.63) is 34.9 Å². The van der Waals surface area contributed by atoms with Gasteiger partial charge in [-0.3, -0.25) is 0 Å². The molecule has 2 rings (SSSR count). The van der Waals surface area contributed by atoms with Crippen LogP contribution in [-0.2, 0) is 5.75 Å². The Morgan fingerprint density at radius 1 is 1.38 bits per heavy atom. The summed E-state index contributed by atoms with van der Waals surface area (Å²) in [7, 11) is 0. The predicted octanol–water partition coefficient (Wildman–Crippen LogP) is 3.57. The zero-order valence-electron chi connectivity index (χ0n) is 8.39. The van der Waals surface area contributed by atoms with Crippen LogP contribution < -0.4 is 0 Å². The van der Waals surface area contributed by atoms with E-state index in [1.807, 2.05) is 24.3 Å². The summed E-state index contributed by atoms with van der Waals surface area (Å²) in [6, 6.07) is 7.23. The number of benzene rings is 1. The van der Waals surface area contributed by atoms with Crippen LogP contribution in [0.3, 0.4) is 0 Å². The van der Waals surface area contributed by atoms with E-state index in [1.54, 1.807) is 6.21 Å². The molecular weight excluding hydrogens is 244 g/mol. The van der Waals surface area contributed by atoms with Crippen LogP contribution in [0.25, 0.3) is 0 Å². The summed E-state index contributed by atoms with van der Waals surface area (Å²) < 4.78 is 0. The molecule has 0 radical (unpaired) electrons. The van der Waals surface area contributed by atoms with E-state index in [0.717, 1.165) is 21.4 Å². The maximum Gasteiger partial charge on any atom is 0.367 e. The second-order valence-corrected chi connectivity index (χ2v) is 4.64. The SMILES string of the molecule is O=C1N=CCC(SCc2ccccc2Cl)=N1. The van der Waals surface area contributed by atoms with Gasteiger partial charge in [0.2, 0.25) is 0 Å². The van der Waals surface area contributed by atoms with Crippen molar-refractivity contribution >= 4 is 40.7 Å². The summed E-state index contributed by atoms with van der Waals surface area (Å²) in [5.74, 6) is 0.722. The van der Waals surface area contributed by atoms with E-state index in [9.17, 15) is 4.79 Å². The smallest absolute Gasteiger partial charge is 0.244 e. The van der Waals surface area contributed by atoms with Gasteiger partial charge in [0.25, 0.3) is 0 Å². The Kier molecular flexibility index (Phi) is 3.74. The van der Waals surface area contributed by atoms with Crippen LogP contribution in [0, 0.1) is 0 Å². The van der Waals surface area contributed by atoms with E-state index in [4.69, 9.17) is 11.6 Å². The van der Waals surface area contributed by atoms with E-state index in [0.29, 0.717) is 6.42 Å². The fraction of sp³-hybridized carbons (Fsp3) is 0.182. The summed E-state index contributed by atoms with van der Waals surface area (Å²) in [6.07, 6.45) is 2.21. The molecule has 0 saturated carbocycles. The number of urea groups is 1. The molecular formula is C11H9ClN2OS. The zero-order chi connectivity index (χ0) is 11.4. The molecule has 0 saturated heterocycles. The molecule has 1 aromatic carbocycles. The number of hydrogen-bond donors (Lipinski definition) is 0. The minimum Gasteiger partial charge on any atom is -0.244 e. The average Bonchev–Trinajstić information content (AvgIpc) is 2.28. The molecule has 1 aliphatic rings. The largest absolute Gasteiger partial charge is 0.367 e. The summed E-state index contributed by atoms with van der Waals surface area (Å²) in [5.41, 5.74) is 1.05. The van der Waals surface area contributed by atoms with Crippen LogP contribution in [0.15, 0.2) is 34.3 Å². The molecule has 1 aromatic rings. The Labute approximate surface area is 103 Å². The third-order valence-corrected chi connectivity index (χ3v) is 3.46.